The van der Waals surface area contributed by atoms with Crippen molar-refractivity contribution in [3.63, 3.8) is 0 Å². The molecule has 2 unspecified atom stereocenters. The maximum atomic E-state index is 5.23. The van der Waals surface area contributed by atoms with E-state index < -0.39 is 0 Å². The van der Waals surface area contributed by atoms with Gasteiger partial charge in [0.25, 0.3) is 0 Å². The molecule has 0 aliphatic carbocycles. The lowest BCUT2D eigenvalue weighted by atomic mass is 10.0. The molecule has 0 spiro atoms. The van der Waals surface area contributed by atoms with Crippen LogP contribution in [0.15, 0.2) is 28.7 Å². The van der Waals surface area contributed by atoms with Gasteiger partial charge in [0.05, 0.1) is 6.10 Å². The second kappa shape index (κ2) is 7.05. The van der Waals surface area contributed by atoms with E-state index in [9.17, 15) is 0 Å². The lowest BCUT2D eigenvalue weighted by Crippen LogP contribution is -2.29. The standard InChI is InChI=1S/C13H20BrNO/c1-4-13(15-9-10(2)16-3)11-6-5-7-12(14)8-11/h5-8,10,13,15H,4,9H2,1-3H3. The zero-order valence-electron chi connectivity index (χ0n) is 10.2. The van der Waals surface area contributed by atoms with E-state index in [1.54, 1.807) is 7.11 Å². The summed E-state index contributed by atoms with van der Waals surface area (Å²) in [6.07, 6.45) is 1.33. The Morgan fingerprint density at radius 3 is 2.75 bits per heavy atom. The maximum absolute atomic E-state index is 5.23. The fourth-order valence-electron chi connectivity index (χ4n) is 1.61. The van der Waals surface area contributed by atoms with Crippen molar-refractivity contribution in [2.45, 2.75) is 32.4 Å². The molecule has 0 saturated carbocycles. The van der Waals surface area contributed by atoms with Crippen LogP contribution in [-0.2, 0) is 4.74 Å². The normalized spacial score (nSPS) is 14.8. The first-order valence-electron chi connectivity index (χ1n) is 5.69. The molecule has 3 heteroatoms. The number of rotatable bonds is 6. The highest BCUT2D eigenvalue weighted by Crippen LogP contribution is 2.20. The molecule has 2 atom stereocenters. The third kappa shape index (κ3) is 4.24. The summed E-state index contributed by atoms with van der Waals surface area (Å²) in [5, 5.41) is 3.52. The van der Waals surface area contributed by atoms with Crippen LogP contribution < -0.4 is 5.32 Å². The van der Waals surface area contributed by atoms with Crippen molar-refractivity contribution in [1.82, 2.24) is 5.32 Å². The summed E-state index contributed by atoms with van der Waals surface area (Å²) >= 11 is 3.50. The quantitative estimate of drug-likeness (QED) is 0.864. The summed E-state index contributed by atoms with van der Waals surface area (Å²) in [5.41, 5.74) is 1.32. The van der Waals surface area contributed by atoms with Gasteiger partial charge in [0.15, 0.2) is 0 Å². The minimum absolute atomic E-state index is 0.251. The van der Waals surface area contributed by atoms with Gasteiger partial charge in [-0.2, -0.15) is 0 Å². The van der Waals surface area contributed by atoms with Gasteiger partial charge in [-0.05, 0) is 31.0 Å². The highest BCUT2D eigenvalue weighted by Gasteiger charge is 2.10. The smallest absolute Gasteiger partial charge is 0.0667 e. The van der Waals surface area contributed by atoms with Crippen molar-refractivity contribution in [1.29, 1.82) is 0 Å². The van der Waals surface area contributed by atoms with E-state index in [1.165, 1.54) is 5.56 Å². The van der Waals surface area contributed by atoms with Crippen LogP contribution in [0, 0.1) is 0 Å². The number of hydrogen-bond donors (Lipinski definition) is 1. The molecule has 0 aliphatic rings. The second-order valence-electron chi connectivity index (χ2n) is 3.97. The molecule has 1 aromatic carbocycles. The summed E-state index contributed by atoms with van der Waals surface area (Å²) in [7, 11) is 1.74. The van der Waals surface area contributed by atoms with E-state index in [0.29, 0.717) is 6.04 Å². The Bertz CT molecular complexity index is 317. The molecular formula is C13H20BrNO. The van der Waals surface area contributed by atoms with Crippen LogP contribution in [0.25, 0.3) is 0 Å². The first-order chi connectivity index (χ1) is 7.67. The van der Waals surface area contributed by atoms with E-state index >= 15 is 0 Å². The Balaban J connectivity index is 2.60. The topological polar surface area (TPSA) is 21.3 Å². The first-order valence-corrected chi connectivity index (χ1v) is 6.48. The predicted molar refractivity (Wildman–Crippen MR) is 71.6 cm³/mol. The molecule has 0 heterocycles. The van der Waals surface area contributed by atoms with Gasteiger partial charge in [-0.15, -0.1) is 0 Å². The fourth-order valence-corrected chi connectivity index (χ4v) is 2.03. The molecule has 0 amide bonds. The number of benzene rings is 1. The van der Waals surface area contributed by atoms with Crippen molar-refractivity contribution in [2.24, 2.45) is 0 Å². The van der Waals surface area contributed by atoms with Gasteiger partial charge in [0.1, 0.15) is 0 Å². The Hall–Kier alpha value is -0.380. The van der Waals surface area contributed by atoms with Gasteiger partial charge in [-0.25, -0.2) is 0 Å². The summed E-state index contributed by atoms with van der Waals surface area (Å²) in [4.78, 5) is 0. The number of ether oxygens (including phenoxy) is 1. The van der Waals surface area contributed by atoms with Gasteiger partial charge < -0.3 is 10.1 Å². The van der Waals surface area contributed by atoms with Crippen LogP contribution in [0.2, 0.25) is 0 Å². The second-order valence-corrected chi connectivity index (χ2v) is 4.89. The van der Waals surface area contributed by atoms with Gasteiger partial charge in [-0.1, -0.05) is 35.0 Å². The van der Waals surface area contributed by atoms with Gasteiger partial charge in [0.2, 0.25) is 0 Å². The minimum atomic E-state index is 0.251. The molecule has 0 bridgehead atoms. The third-order valence-corrected chi connectivity index (χ3v) is 3.21. The van der Waals surface area contributed by atoms with E-state index in [2.05, 4.69) is 53.3 Å². The monoisotopic (exact) mass is 285 g/mol. The highest BCUT2D eigenvalue weighted by atomic mass is 79.9. The van der Waals surface area contributed by atoms with Crippen LogP contribution in [0.4, 0.5) is 0 Å². The molecule has 0 aliphatic heterocycles. The van der Waals surface area contributed by atoms with Crippen LogP contribution in [-0.4, -0.2) is 19.8 Å². The predicted octanol–water partition coefficient (Wildman–Crippen LogP) is 3.52. The molecule has 1 rings (SSSR count). The molecular weight excluding hydrogens is 266 g/mol. The minimum Gasteiger partial charge on any atom is -0.380 e. The first kappa shape index (κ1) is 13.7. The van der Waals surface area contributed by atoms with Crippen LogP contribution >= 0.6 is 15.9 Å². The largest absolute Gasteiger partial charge is 0.380 e. The molecule has 2 nitrogen and oxygen atoms in total. The van der Waals surface area contributed by atoms with Gasteiger partial charge >= 0.3 is 0 Å². The summed E-state index contributed by atoms with van der Waals surface area (Å²) in [6.45, 7) is 5.14. The molecule has 0 fully saturated rings. The Kier molecular flexibility index (Phi) is 6.03. The molecule has 0 saturated heterocycles. The van der Waals surface area contributed by atoms with Crippen molar-refractivity contribution < 1.29 is 4.74 Å². The Morgan fingerprint density at radius 2 is 2.19 bits per heavy atom. The summed E-state index contributed by atoms with van der Waals surface area (Å²) < 4.78 is 6.36. The van der Waals surface area contributed by atoms with Gasteiger partial charge in [0, 0.05) is 24.2 Å². The van der Waals surface area contributed by atoms with Gasteiger partial charge in [-0.3, -0.25) is 0 Å². The molecule has 90 valence electrons. The van der Waals surface area contributed by atoms with E-state index in [0.717, 1.165) is 17.4 Å². The Labute approximate surface area is 107 Å². The van der Waals surface area contributed by atoms with E-state index in [1.807, 2.05) is 6.07 Å². The van der Waals surface area contributed by atoms with Crippen molar-refractivity contribution in [3.8, 4) is 0 Å². The van der Waals surface area contributed by atoms with E-state index in [-0.39, 0.29) is 6.10 Å². The molecule has 0 aromatic heterocycles. The van der Waals surface area contributed by atoms with Crippen molar-refractivity contribution in [2.75, 3.05) is 13.7 Å². The van der Waals surface area contributed by atoms with Crippen LogP contribution in [0.3, 0.4) is 0 Å². The molecule has 16 heavy (non-hydrogen) atoms. The number of nitrogens with one attached hydrogen (secondary N) is 1. The Morgan fingerprint density at radius 1 is 1.44 bits per heavy atom. The SMILES string of the molecule is CCC(NCC(C)OC)c1cccc(Br)c1. The lowest BCUT2D eigenvalue weighted by Gasteiger charge is -2.20. The average Bonchev–Trinajstić information content (AvgIpc) is 2.29. The molecule has 0 radical (unpaired) electrons. The van der Waals surface area contributed by atoms with Crippen LogP contribution in [0.1, 0.15) is 31.9 Å². The fraction of sp³-hybridized carbons (Fsp3) is 0.538. The van der Waals surface area contributed by atoms with Crippen molar-refractivity contribution in [3.05, 3.63) is 34.3 Å². The van der Waals surface area contributed by atoms with E-state index in [4.69, 9.17) is 4.74 Å². The van der Waals surface area contributed by atoms with Crippen molar-refractivity contribution >= 4 is 15.9 Å². The highest BCUT2D eigenvalue weighted by molar-refractivity contribution is 9.10. The molecule has 1 aromatic rings. The third-order valence-electron chi connectivity index (χ3n) is 2.71. The zero-order chi connectivity index (χ0) is 12.0. The zero-order valence-corrected chi connectivity index (χ0v) is 11.8. The molecule has 1 N–H and O–H groups in total. The average molecular weight is 286 g/mol. The summed E-state index contributed by atoms with van der Waals surface area (Å²) in [6, 6.07) is 8.84. The lowest BCUT2D eigenvalue weighted by molar-refractivity contribution is 0.114. The summed E-state index contributed by atoms with van der Waals surface area (Å²) in [5.74, 6) is 0. The number of methoxy groups -OCH3 is 1. The maximum Gasteiger partial charge on any atom is 0.0667 e. The number of hydrogen-bond acceptors (Lipinski definition) is 2. The van der Waals surface area contributed by atoms with Crippen LogP contribution in [0.5, 0.6) is 0 Å². The number of halogens is 1.